The number of thioether (sulfide) groups is 1. The Labute approximate surface area is 196 Å². The zero-order valence-corrected chi connectivity index (χ0v) is 19.3. The Morgan fingerprint density at radius 1 is 1.27 bits per heavy atom. The van der Waals surface area contributed by atoms with Gasteiger partial charge in [0.25, 0.3) is 5.69 Å². The first-order valence-corrected chi connectivity index (χ1v) is 11.8. The summed E-state index contributed by atoms with van der Waals surface area (Å²) >= 11 is 2.55. The minimum Gasteiger partial charge on any atom is -0.311 e. The summed E-state index contributed by atoms with van der Waals surface area (Å²) in [5, 5.41) is 22.0. The topological polar surface area (TPSA) is 150 Å². The predicted octanol–water partition coefficient (Wildman–Crippen LogP) is 1.41. The SMILES string of the molecule is CN1C(=O)C2C(SCC(=O)Nc3nccs3)NC(c3ccc([N+](=O)[O-])cc3)NC2N(C)C1=O. The van der Waals surface area contributed by atoms with Crippen LogP contribution in [-0.2, 0) is 9.59 Å². The van der Waals surface area contributed by atoms with Crippen molar-refractivity contribution >= 4 is 51.8 Å². The molecule has 0 radical (unpaired) electrons. The molecule has 174 valence electrons. The van der Waals surface area contributed by atoms with Gasteiger partial charge in [-0.2, -0.15) is 0 Å². The molecule has 3 heterocycles. The van der Waals surface area contributed by atoms with Crippen LogP contribution in [-0.4, -0.2) is 68.9 Å². The van der Waals surface area contributed by atoms with E-state index in [1.807, 2.05) is 0 Å². The summed E-state index contributed by atoms with van der Waals surface area (Å²) < 4.78 is 0. The molecule has 2 saturated heterocycles. The van der Waals surface area contributed by atoms with E-state index in [1.165, 1.54) is 47.2 Å². The van der Waals surface area contributed by atoms with Gasteiger partial charge in [0, 0.05) is 37.8 Å². The fraction of sp³-hybridized carbons (Fsp3) is 0.368. The van der Waals surface area contributed by atoms with Crippen LogP contribution in [0.1, 0.15) is 11.7 Å². The lowest BCUT2D eigenvalue weighted by Gasteiger charge is -2.50. The molecule has 2 fully saturated rings. The Morgan fingerprint density at radius 2 is 2.00 bits per heavy atom. The number of urea groups is 1. The van der Waals surface area contributed by atoms with Crippen molar-refractivity contribution in [1.82, 2.24) is 25.4 Å². The number of carbonyl (C=O) groups excluding carboxylic acids is 3. The number of aromatic nitrogens is 1. The van der Waals surface area contributed by atoms with Crippen molar-refractivity contribution in [3.63, 3.8) is 0 Å². The summed E-state index contributed by atoms with van der Waals surface area (Å²) in [4.78, 5) is 55.0. The van der Waals surface area contributed by atoms with Crippen molar-refractivity contribution in [2.24, 2.45) is 5.92 Å². The Balaban J connectivity index is 1.55. The molecular weight excluding hydrogens is 470 g/mol. The largest absolute Gasteiger partial charge is 0.327 e. The van der Waals surface area contributed by atoms with Gasteiger partial charge in [0.2, 0.25) is 11.8 Å². The maximum Gasteiger partial charge on any atom is 0.327 e. The fourth-order valence-corrected chi connectivity index (χ4v) is 5.44. The quantitative estimate of drug-likeness (QED) is 0.402. The molecule has 3 N–H and O–H groups in total. The van der Waals surface area contributed by atoms with Crippen LogP contribution >= 0.6 is 23.1 Å². The molecule has 2 aliphatic heterocycles. The summed E-state index contributed by atoms with van der Waals surface area (Å²) in [6, 6.07) is 5.56. The molecule has 14 heteroatoms. The second kappa shape index (κ2) is 9.43. The third-order valence-corrected chi connectivity index (χ3v) is 7.37. The van der Waals surface area contributed by atoms with Gasteiger partial charge < -0.3 is 10.2 Å². The van der Waals surface area contributed by atoms with E-state index in [1.54, 1.807) is 30.8 Å². The lowest BCUT2D eigenvalue weighted by atomic mass is 9.96. The number of hydrogen-bond donors (Lipinski definition) is 3. The van der Waals surface area contributed by atoms with Crippen LogP contribution in [0.2, 0.25) is 0 Å². The predicted molar refractivity (Wildman–Crippen MR) is 122 cm³/mol. The van der Waals surface area contributed by atoms with Crippen molar-refractivity contribution < 1.29 is 19.3 Å². The highest BCUT2D eigenvalue weighted by molar-refractivity contribution is 8.00. The average Bonchev–Trinajstić information content (AvgIpc) is 3.32. The van der Waals surface area contributed by atoms with Crippen LogP contribution in [0, 0.1) is 16.0 Å². The van der Waals surface area contributed by atoms with Gasteiger partial charge in [0.15, 0.2) is 5.13 Å². The zero-order valence-electron chi connectivity index (χ0n) is 17.6. The fourth-order valence-electron chi connectivity index (χ4n) is 3.79. The standard InChI is InChI=1S/C19H21N7O5S2/c1-24-15-13(17(28)25(2)19(24)29)16(33-9-12(27)21-18-20-7-8-32-18)23-14(22-15)10-3-5-11(6-4-10)26(30)31/h3-8,13-16,22-23H,9H2,1-2H3,(H,20,21,27). The smallest absolute Gasteiger partial charge is 0.311 e. The molecule has 0 bridgehead atoms. The molecule has 4 rings (SSSR count). The lowest BCUT2D eigenvalue weighted by molar-refractivity contribution is -0.384. The van der Waals surface area contributed by atoms with Crippen molar-refractivity contribution in [3.8, 4) is 0 Å². The molecular formula is C19H21N7O5S2. The normalized spacial score (nSPS) is 25.0. The van der Waals surface area contributed by atoms with E-state index in [2.05, 4.69) is 20.9 Å². The third-order valence-electron chi connectivity index (χ3n) is 5.47. The number of nitrogens with zero attached hydrogens (tertiary/aromatic N) is 4. The van der Waals surface area contributed by atoms with Crippen LogP contribution in [0.5, 0.6) is 0 Å². The Morgan fingerprint density at radius 3 is 2.64 bits per heavy atom. The highest BCUT2D eigenvalue weighted by atomic mass is 32.2. The highest BCUT2D eigenvalue weighted by Gasteiger charge is 2.51. The number of benzene rings is 1. The van der Waals surface area contributed by atoms with Gasteiger partial charge in [-0.05, 0) is 17.7 Å². The maximum absolute atomic E-state index is 13.0. The molecule has 0 spiro atoms. The Bertz CT molecular complexity index is 1060. The molecule has 33 heavy (non-hydrogen) atoms. The van der Waals surface area contributed by atoms with E-state index < -0.39 is 34.6 Å². The van der Waals surface area contributed by atoms with E-state index >= 15 is 0 Å². The van der Waals surface area contributed by atoms with Gasteiger partial charge in [0.05, 0.1) is 34.3 Å². The third kappa shape index (κ3) is 4.68. The van der Waals surface area contributed by atoms with E-state index in [9.17, 15) is 24.5 Å². The molecule has 0 aliphatic carbocycles. The lowest BCUT2D eigenvalue weighted by Crippen LogP contribution is -2.72. The van der Waals surface area contributed by atoms with E-state index in [0.29, 0.717) is 10.7 Å². The highest BCUT2D eigenvalue weighted by Crippen LogP contribution is 2.34. The summed E-state index contributed by atoms with van der Waals surface area (Å²) in [7, 11) is 3.03. The van der Waals surface area contributed by atoms with Gasteiger partial charge in [-0.25, -0.2) is 9.78 Å². The number of fused-ring (bicyclic) bond motifs is 1. The second-order valence-electron chi connectivity index (χ2n) is 7.49. The number of carbonyl (C=O) groups is 3. The van der Waals surface area contributed by atoms with Crippen molar-refractivity contribution in [2.45, 2.75) is 17.7 Å². The number of nitro groups is 1. The Hall–Kier alpha value is -3.07. The first-order valence-electron chi connectivity index (χ1n) is 9.88. The van der Waals surface area contributed by atoms with Gasteiger partial charge in [-0.1, -0.05) is 0 Å². The molecule has 4 amide bonds. The van der Waals surface area contributed by atoms with Crippen molar-refractivity contribution in [3.05, 3.63) is 51.5 Å². The summed E-state index contributed by atoms with van der Waals surface area (Å²) in [5.74, 6) is -1.21. The summed E-state index contributed by atoms with van der Waals surface area (Å²) in [6.07, 6.45) is 0.463. The molecule has 2 aromatic rings. The van der Waals surface area contributed by atoms with Gasteiger partial charge >= 0.3 is 6.03 Å². The van der Waals surface area contributed by atoms with E-state index in [-0.39, 0.29) is 23.3 Å². The zero-order chi connectivity index (χ0) is 23.7. The van der Waals surface area contributed by atoms with Crippen LogP contribution in [0.4, 0.5) is 15.6 Å². The Kier molecular flexibility index (Phi) is 6.60. The van der Waals surface area contributed by atoms with Crippen molar-refractivity contribution in [1.29, 1.82) is 0 Å². The number of thiazole rings is 1. The number of nitro benzene ring substituents is 1. The molecule has 1 aromatic heterocycles. The van der Waals surface area contributed by atoms with Gasteiger partial charge in [-0.15, -0.1) is 23.1 Å². The summed E-state index contributed by atoms with van der Waals surface area (Å²) in [5.41, 5.74) is 0.656. The minimum atomic E-state index is -0.648. The van der Waals surface area contributed by atoms with Crippen LogP contribution in [0.3, 0.4) is 0 Å². The van der Waals surface area contributed by atoms with Crippen molar-refractivity contribution in [2.75, 3.05) is 25.2 Å². The number of anilines is 1. The molecule has 4 atom stereocenters. The molecule has 4 unspecified atom stereocenters. The summed E-state index contributed by atoms with van der Waals surface area (Å²) in [6.45, 7) is 0. The molecule has 1 aromatic carbocycles. The van der Waals surface area contributed by atoms with E-state index in [4.69, 9.17) is 0 Å². The van der Waals surface area contributed by atoms with Crippen LogP contribution < -0.4 is 16.0 Å². The molecule has 0 saturated carbocycles. The number of hydrogen-bond acceptors (Lipinski definition) is 10. The number of amides is 4. The minimum absolute atomic E-state index is 0.0426. The molecule has 12 nitrogen and oxygen atoms in total. The number of non-ortho nitro benzene ring substituents is 1. The monoisotopic (exact) mass is 491 g/mol. The maximum atomic E-state index is 13.0. The number of nitrogens with one attached hydrogen (secondary N) is 3. The van der Waals surface area contributed by atoms with Gasteiger partial charge in [-0.3, -0.25) is 35.2 Å². The number of rotatable bonds is 6. The number of imide groups is 1. The first kappa shape index (κ1) is 23.1. The van der Waals surface area contributed by atoms with E-state index in [0.717, 1.165) is 4.90 Å². The van der Waals surface area contributed by atoms with Gasteiger partial charge in [0.1, 0.15) is 0 Å². The van der Waals surface area contributed by atoms with Crippen LogP contribution in [0.25, 0.3) is 0 Å². The van der Waals surface area contributed by atoms with Crippen LogP contribution in [0.15, 0.2) is 35.8 Å². The average molecular weight is 492 g/mol. The first-order chi connectivity index (χ1) is 15.8. The molecule has 2 aliphatic rings. The second-order valence-corrected chi connectivity index (χ2v) is 9.52.